The zero-order chi connectivity index (χ0) is 15.0. The molecule has 114 valence electrons. The van der Waals surface area contributed by atoms with Crippen LogP contribution in [0.3, 0.4) is 0 Å². The first-order chi connectivity index (χ1) is 10.1. The number of aromatic nitrogens is 4. The highest BCUT2D eigenvalue weighted by atomic mass is 79.9. The quantitative estimate of drug-likeness (QED) is 0.844. The van der Waals surface area contributed by atoms with Crippen LogP contribution in [-0.4, -0.2) is 58.4 Å². The van der Waals surface area contributed by atoms with Gasteiger partial charge in [-0.2, -0.15) is 5.10 Å². The van der Waals surface area contributed by atoms with Gasteiger partial charge in [0.05, 0.1) is 5.39 Å². The Bertz CT molecular complexity index is 632. The van der Waals surface area contributed by atoms with Crippen molar-refractivity contribution in [3.05, 3.63) is 10.9 Å². The van der Waals surface area contributed by atoms with Gasteiger partial charge < -0.3 is 9.80 Å². The maximum atomic E-state index is 4.48. The van der Waals surface area contributed by atoms with Crippen LogP contribution in [0, 0.1) is 5.92 Å². The van der Waals surface area contributed by atoms with Crippen molar-refractivity contribution in [2.75, 3.05) is 38.6 Å². The second-order valence-electron chi connectivity index (χ2n) is 5.94. The SMILES string of the molecule is CN1CCC(CN(C)c2ncnc3c2c(Br)nn3C)CC1. The van der Waals surface area contributed by atoms with Gasteiger partial charge in [-0.05, 0) is 54.8 Å². The fourth-order valence-corrected chi connectivity index (χ4v) is 3.63. The summed E-state index contributed by atoms with van der Waals surface area (Å²) >= 11 is 3.52. The first-order valence-corrected chi connectivity index (χ1v) is 8.08. The number of halogens is 1. The lowest BCUT2D eigenvalue weighted by molar-refractivity contribution is 0.222. The second kappa shape index (κ2) is 5.88. The second-order valence-corrected chi connectivity index (χ2v) is 6.69. The van der Waals surface area contributed by atoms with Crippen molar-refractivity contribution >= 4 is 32.8 Å². The molecule has 0 saturated carbocycles. The number of aryl methyl sites for hydroxylation is 1. The fraction of sp³-hybridized carbons (Fsp3) is 0.643. The number of likely N-dealkylation sites (tertiary alicyclic amines) is 1. The van der Waals surface area contributed by atoms with Gasteiger partial charge in [0.2, 0.25) is 0 Å². The Morgan fingerprint density at radius 2 is 2.00 bits per heavy atom. The van der Waals surface area contributed by atoms with Gasteiger partial charge in [0.25, 0.3) is 0 Å². The van der Waals surface area contributed by atoms with E-state index in [2.05, 4.69) is 54.9 Å². The Kier molecular flexibility index (Phi) is 4.12. The van der Waals surface area contributed by atoms with Crippen LogP contribution in [0.5, 0.6) is 0 Å². The zero-order valence-electron chi connectivity index (χ0n) is 12.8. The smallest absolute Gasteiger partial charge is 0.164 e. The van der Waals surface area contributed by atoms with Crippen molar-refractivity contribution in [3.63, 3.8) is 0 Å². The minimum Gasteiger partial charge on any atom is -0.359 e. The van der Waals surface area contributed by atoms with Gasteiger partial charge in [-0.1, -0.05) is 0 Å². The van der Waals surface area contributed by atoms with Crippen LogP contribution >= 0.6 is 15.9 Å². The van der Waals surface area contributed by atoms with E-state index in [-0.39, 0.29) is 0 Å². The molecule has 6 nitrogen and oxygen atoms in total. The monoisotopic (exact) mass is 352 g/mol. The molecule has 0 N–H and O–H groups in total. The van der Waals surface area contributed by atoms with Crippen LogP contribution in [0.4, 0.5) is 5.82 Å². The van der Waals surface area contributed by atoms with E-state index < -0.39 is 0 Å². The standard InChI is InChI=1S/C14H21BrN6/c1-19-6-4-10(5-7-19)8-20(2)13-11-12(15)18-21(3)14(11)17-9-16-13/h9-10H,4-8H2,1-3H3. The Balaban J connectivity index is 1.83. The summed E-state index contributed by atoms with van der Waals surface area (Å²) < 4.78 is 2.60. The van der Waals surface area contributed by atoms with E-state index in [1.54, 1.807) is 11.0 Å². The summed E-state index contributed by atoms with van der Waals surface area (Å²) in [6.07, 6.45) is 4.13. The number of hydrogen-bond acceptors (Lipinski definition) is 5. The number of nitrogens with zero attached hydrogens (tertiary/aromatic N) is 6. The van der Waals surface area contributed by atoms with E-state index in [1.807, 2.05) is 7.05 Å². The van der Waals surface area contributed by atoms with Crippen molar-refractivity contribution in [1.29, 1.82) is 0 Å². The van der Waals surface area contributed by atoms with Crippen molar-refractivity contribution < 1.29 is 0 Å². The van der Waals surface area contributed by atoms with E-state index in [0.29, 0.717) is 0 Å². The molecule has 1 fully saturated rings. The lowest BCUT2D eigenvalue weighted by atomic mass is 9.96. The Morgan fingerprint density at radius 3 is 2.71 bits per heavy atom. The van der Waals surface area contributed by atoms with Crippen LogP contribution in [0.1, 0.15) is 12.8 Å². The maximum Gasteiger partial charge on any atom is 0.164 e. The highest BCUT2D eigenvalue weighted by Crippen LogP contribution is 2.30. The molecule has 0 radical (unpaired) electrons. The summed E-state index contributed by atoms with van der Waals surface area (Å²) in [4.78, 5) is 13.5. The number of hydrogen-bond donors (Lipinski definition) is 0. The lowest BCUT2D eigenvalue weighted by Crippen LogP contribution is -2.36. The minimum atomic E-state index is 0.728. The Hall–Kier alpha value is -1.21. The van der Waals surface area contributed by atoms with Gasteiger partial charge in [-0.3, -0.25) is 0 Å². The number of piperidine rings is 1. The molecular formula is C14H21BrN6. The van der Waals surface area contributed by atoms with E-state index in [9.17, 15) is 0 Å². The highest BCUT2D eigenvalue weighted by Gasteiger charge is 2.21. The molecule has 0 atom stereocenters. The van der Waals surface area contributed by atoms with Crippen LogP contribution < -0.4 is 4.90 Å². The van der Waals surface area contributed by atoms with E-state index in [1.165, 1.54) is 25.9 Å². The molecule has 0 amide bonds. The Labute approximate surface area is 133 Å². The summed E-state index contributed by atoms with van der Waals surface area (Å²) in [5, 5.41) is 5.38. The topological polar surface area (TPSA) is 50.1 Å². The first kappa shape index (κ1) is 14.7. The Morgan fingerprint density at radius 1 is 1.29 bits per heavy atom. The summed E-state index contributed by atoms with van der Waals surface area (Å²) in [5.74, 6) is 1.69. The summed E-state index contributed by atoms with van der Waals surface area (Å²) in [5.41, 5.74) is 0.863. The number of fused-ring (bicyclic) bond motifs is 1. The number of rotatable bonds is 3. The molecule has 1 saturated heterocycles. The molecule has 2 aromatic heterocycles. The normalized spacial score (nSPS) is 17.5. The predicted octanol–water partition coefficient (Wildman–Crippen LogP) is 1.90. The van der Waals surface area contributed by atoms with Crippen molar-refractivity contribution in [1.82, 2.24) is 24.6 Å². The lowest BCUT2D eigenvalue weighted by Gasteiger charge is -2.32. The van der Waals surface area contributed by atoms with Crippen LogP contribution in [0.15, 0.2) is 10.9 Å². The summed E-state index contributed by atoms with van der Waals surface area (Å²) in [7, 11) is 6.21. The largest absolute Gasteiger partial charge is 0.359 e. The van der Waals surface area contributed by atoms with Crippen LogP contribution in [0.2, 0.25) is 0 Å². The van der Waals surface area contributed by atoms with Gasteiger partial charge in [-0.15, -0.1) is 0 Å². The van der Waals surface area contributed by atoms with Crippen molar-refractivity contribution in [2.45, 2.75) is 12.8 Å². The molecule has 1 aliphatic heterocycles. The maximum absolute atomic E-state index is 4.48. The highest BCUT2D eigenvalue weighted by molar-refractivity contribution is 9.10. The molecule has 7 heteroatoms. The summed E-state index contributed by atoms with van der Waals surface area (Å²) in [6, 6.07) is 0. The van der Waals surface area contributed by atoms with Crippen molar-refractivity contribution in [2.24, 2.45) is 13.0 Å². The third-order valence-corrected chi connectivity index (χ3v) is 4.84. The number of anilines is 1. The molecule has 21 heavy (non-hydrogen) atoms. The zero-order valence-corrected chi connectivity index (χ0v) is 14.3. The van der Waals surface area contributed by atoms with Crippen molar-refractivity contribution in [3.8, 4) is 0 Å². The third-order valence-electron chi connectivity index (χ3n) is 4.29. The molecule has 3 rings (SSSR count). The molecule has 0 spiro atoms. The molecule has 0 bridgehead atoms. The predicted molar refractivity (Wildman–Crippen MR) is 87.5 cm³/mol. The van der Waals surface area contributed by atoms with Gasteiger partial charge in [0.1, 0.15) is 16.7 Å². The average molecular weight is 353 g/mol. The van der Waals surface area contributed by atoms with E-state index in [0.717, 1.165) is 33.9 Å². The molecule has 2 aromatic rings. The van der Waals surface area contributed by atoms with Gasteiger partial charge in [0.15, 0.2) is 5.65 Å². The first-order valence-electron chi connectivity index (χ1n) is 7.29. The molecular weight excluding hydrogens is 332 g/mol. The van der Waals surface area contributed by atoms with Crippen LogP contribution in [-0.2, 0) is 7.05 Å². The van der Waals surface area contributed by atoms with Gasteiger partial charge in [0, 0.05) is 20.6 Å². The van der Waals surface area contributed by atoms with Crippen LogP contribution in [0.25, 0.3) is 11.0 Å². The molecule has 0 aliphatic carbocycles. The molecule has 1 aliphatic rings. The third kappa shape index (κ3) is 2.89. The minimum absolute atomic E-state index is 0.728. The average Bonchev–Trinajstić information content (AvgIpc) is 2.77. The van der Waals surface area contributed by atoms with Gasteiger partial charge in [-0.25, -0.2) is 14.6 Å². The van der Waals surface area contributed by atoms with E-state index in [4.69, 9.17) is 0 Å². The molecule has 0 unspecified atom stereocenters. The van der Waals surface area contributed by atoms with Gasteiger partial charge >= 0.3 is 0 Å². The molecule has 0 aromatic carbocycles. The fourth-order valence-electron chi connectivity index (χ4n) is 3.03. The molecule has 3 heterocycles. The van der Waals surface area contributed by atoms with E-state index >= 15 is 0 Å². The summed E-state index contributed by atoms with van der Waals surface area (Å²) in [6.45, 7) is 3.41.